The minimum Gasteiger partial charge on any atom is -0.493 e. The Labute approximate surface area is 659 Å². The summed E-state index contributed by atoms with van der Waals surface area (Å²) in [5.74, 6) is 16.2. The average Bonchev–Trinajstić information content (AvgIpc) is 1.68. The van der Waals surface area contributed by atoms with E-state index in [1.807, 2.05) is 6.08 Å². The Morgan fingerprint density at radius 1 is 0.358 bits per heavy atom. The molecule has 0 spiro atoms. The number of nitrogens with one attached hydrogen (secondary N) is 2. The number of rotatable bonds is 52. The molecular weight excluding hydrogens is 1360 g/mol. The summed E-state index contributed by atoms with van der Waals surface area (Å²) in [6.45, 7) is 11.3. The summed E-state index contributed by atoms with van der Waals surface area (Å²) >= 11 is 1.16. The van der Waals surface area contributed by atoms with E-state index in [9.17, 15) is 9.90 Å². The van der Waals surface area contributed by atoms with Gasteiger partial charge >= 0.3 is 5.97 Å². The highest BCUT2D eigenvalue weighted by Crippen LogP contribution is 2.46. The molecule has 109 heavy (non-hydrogen) atoms. The quantitative estimate of drug-likeness (QED) is 0.0252. The maximum Gasteiger partial charge on any atom is 0.345 e. The fourth-order valence-corrected chi connectivity index (χ4v) is 15.4. The zero-order valence-corrected chi connectivity index (χ0v) is 68.2. The van der Waals surface area contributed by atoms with E-state index < -0.39 is 5.97 Å². The summed E-state index contributed by atoms with van der Waals surface area (Å²) in [4.78, 5) is 34.5. The van der Waals surface area contributed by atoms with E-state index in [1.54, 1.807) is 12.1 Å². The largest absolute Gasteiger partial charge is 0.493 e. The number of carboxylic acids is 1. The average molecular weight is 1490 g/mol. The second-order valence-electron chi connectivity index (χ2n) is 30.3. The second kappa shape index (κ2) is 48.9. The predicted molar refractivity (Wildman–Crippen MR) is 463 cm³/mol. The van der Waals surface area contributed by atoms with E-state index in [0.717, 1.165) is 147 Å². The van der Waals surface area contributed by atoms with Crippen molar-refractivity contribution < 1.29 is 28.8 Å². The van der Waals surface area contributed by atoms with Gasteiger partial charge in [-0.2, -0.15) is 0 Å². The highest BCUT2D eigenvalue weighted by molar-refractivity contribution is 7.14. The molecule has 3 aromatic carbocycles. The molecule has 0 aliphatic carbocycles. The van der Waals surface area contributed by atoms with Crippen LogP contribution in [0.25, 0.3) is 68.6 Å². The molecule has 0 fully saturated rings. The number of aromatic nitrogens is 4. The molecule has 0 radical (unpaired) electrons. The van der Waals surface area contributed by atoms with Crippen molar-refractivity contribution in [2.45, 2.75) is 285 Å². The van der Waals surface area contributed by atoms with Gasteiger partial charge in [-0.1, -0.05) is 295 Å². The van der Waals surface area contributed by atoms with Crippen LogP contribution >= 0.6 is 11.3 Å². The molecule has 0 saturated heterocycles. The first-order valence-electron chi connectivity index (χ1n) is 42.8. The highest BCUT2D eigenvalue weighted by atomic mass is 32.1. The normalized spacial score (nSPS) is 11.6. The Kier molecular flexibility index (Phi) is 38.0. The van der Waals surface area contributed by atoms with Crippen LogP contribution in [0.4, 0.5) is 5.69 Å². The molecule has 8 bridgehead atoms. The van der Waals surface area contributed by atoms with Crippen LogP contribution in [0.2, 0.25) is 0 Å². The van der Waals surface area contributed by atoms with E-state index in [4.69, 9.17) is 28.9 Å². The first kappa shape index (κ1) is 84.6. The van der Waals surface area contributed by atoms with Crippen molar-refractivity contribution in [3.05, 3.63) is 146 Å². The molecule has 0 amide bonds. The molecule has 9 rings (SSSR count). The summed E-state index contributed by atoms with van der Waals surface area (Å²) in [7, 11) is 4.11. The molecule has 0 unspecified atom stereocenters. The number of hydrogen-bond donors (Lipinski definition) is 3. The number of thiophene rings is 1. The summed E-state index contributed by atoms with van der Waals surface area (Å²) < 4.78 is 28.2. The number of aromatic amines is 2. The number of carbonyl (C=O) groups is 1. The number of fused-ring (bicyclic) bond motifs is 8. The Hall–Kier alpha value is -8.45. The van der Waals surface area contributed by atoms with Gasteiger partial charge in [-0.3, -0.25) is 0 Å². The third-order valence-electron chi connectivity index (χ3n) is 21.1. The smallest absolute Gasteiger partial charge is 0.345 e. The maximum absolute atomic E-state index is 12.3. The number of anilines is 1. The highest BCUT2D eigenvalue weighted by Gasteiger charge is 2.25. The number of unbranched alkanes of at least 4 members (excludes halogenated alkanes) is 36. The standard InChI is InChI=1S/C97H129N5O6S/c1-7-11-15-19-23-27-31-35-39-43-71-105-88-49-47-50-89(106-72-44-40-36-32-28-24-20-16-12-8-2)95(88)93-84-66-62-80(98-84)78(60-55-75-53-56-76(57-54-75)102(5)6)81-63-67-85(99-81)94(87-69-65-83(101-87)79(82-64-68-86(93)100-82)61-58-77-59-70-92(109-77)97(103)104)96-90(107-73-45-41-37-33-29-25-21-17-13-9-3)51-48-52-91(96)108-74-46-42-38-34-30-26-22-18-14-10-4/h47-54,56-57,59,62-70,98,101H,7-46,71-74H2,1-6H3,(H,103,104). The molecule has 584 valence electrons. The van der Waals surface area contributed by atoms with Crippen molar-refractivity contribution in [1.29, 1.82) is 0 Å². The van der Waals surface area contributed by atoms with Gasteiger partial charge in [0.15, 0.2) is 0 Å². The van der Waals surface area contributed by atoms with Crippen LogP contribution in [-0.4, -0.2) is 71.5 Å². The monoisotopic (exact) mass is 1490 g/mol. The number of nitrogens with zero attached hydrogens (tertiary/aromatic N) is 3. The van der Waals surface area contributed by atoms with Gasteiger partial charge in [0.1, 0.15) is 27.9 Å². The van der Waals surface area contributed by atoms with E-state index >= 15 is 0 Å². The Balaban J connectivity index is 1.22. The number of hydrogen-bond acceptors (Lipinski definition) is 9. The topological polar surface area (TPSA) is 135 Å². The second-order valence-corrected chi connectivity index (χ2v) is 31.4. The van der Waals surface area contributed by atoms with Gasteiger partial charge in [0, 0.05) is 47.5 Å². The zero-order chi connectivity index (χ0) is 76.3. The SMILES string of the molecule is CCCCCCCCCCCCOc1cccc(OCCCCCCCCCCCC)c1-c1c2nc(c(C#Cc3ccc(C(=O)O)s3)c3ccc([nH]3)c(-c3c(OCCCCCCCCCCCC)cccc3OCCCCCCCCCCCC)c3nc(c(C#Cc4ccc(N(C)C)cc4)c4ccc1[nH]4)C=C3)C=C2. The molecule has 6 heterocycles. The van der Waals surface area contributed by atoms with Crippen molar-refractivity contribution >= 4 is 69.4 Å². The molecule has 3 N–H and O–H groups in total. The molecular formula is C97H129N5O6S. The first-order chi connectivity index (χ1) is 53.7. The molecule has 2 aliphatic heterocycles. The number of H-pyrrole nitrogens is 2. The van der Waals surface area contributed by atoms with Crippen molar-refractivity contribution in [2.24, 2.45) is 0 Å². The van der Waals surface area contributed by atoms with E-state index in [-0.39, 0.29) is 4.88 Å². The lowest BCUT2D eigenvalue weighted by Crippen LogP contribution is -2.07. The van der Waals surface area contributed by atoms with Crippen LogP contribution < -0.4 is 23.8 Å². The fourth-order valence-electron chi connectivity index (χ4n) is 14.7. The lowest BCUT2D eigenvalue weighted by Gasteiger charge is -2.18. The van der Waals surface area contributed by atoms with Crippen LogP contribution in [0.3, 0.4) is 0 Å². The van der Waals surface area contributed by atoms with Crippen molar-refractivity contribution in [2.75, 3.05) is 45.4 Å². The lowest BCUT2D eigenvalue weighted by molar-refractivity contribution is 0.0702. The number of ether oxygens (including phenoxy) is 4. The van der Waals surface area contributed by atoms with Gasteiger partial charge in [0.2, 0.25) is 0 Å². The van der Waals surface area contributed by atoms with Gasteiger partial charge < -0.3 is 38.9 Å². The summed E-state index contributed by atoms with van der Waals surface area (Å²) in [6, 6.07) is 32.7. The summed E-state index contributed by atoms with van der Waals surface area (Å²) in [5.41, 5.74) is 12.4. The van der Waals surface area contributed by atoms with E-state index in [2.05, 4.69) is 183 Å². The lowest BCUT2D eigenvalue weighted by atomic mass is 10.0. The Bertz CT molecular complexity index is 4060. The van der Waals surface area contributed by atoms with E-state index in [0.29, 0.717) is 59.6 Å². The minimum atomic E-state index is -0.986. The first-order valence-corrected chi connectivity index (χ1v) is 43.6. The van der Waals surface area contributed by atoms with Crippen molar-refractivity contribution in [3.63, 3.8) is 0 Å². The molecule has 2 aliphatic rings. The number of aromatic carboxylic acids is 1. The van der Waals surface area contributed by atoms with Crippen LogP contribution in [-0.2, 0) is 0 Å². The molecule has 7 aromatic rings. The molecule has 4 aromatic heterocycles. The van der Waals surface area contributed by atoms with Crippen LogP contribution in [0.1, 0.15) is 339 Å². The van der Waals surface area contributed by atoms with Crippen LogP contribution in [0.5, 0.6) is 23.0 Å². The van der Waals surface area contributed by atoms with Gasteiger partial charge in [-0.05, 0) is 135 Å². The van der Waals surface area contributed by atoms with Crippen LogP contribution in [0, 0.1) is 23.7 Å². The minimum absolute atomic E-state index is 0.221. The van der Waals surface area contributed by atoms with Crippen molar-refractivity contribution in [1.82, 2.24) is 19.9 Å². The summed E-state index contributed by atoms with van der Waals surface area (Å²) in [6.07, 6.45) is 57.5. The molecule has 0 atom stereocenters. The van der Waals surface area contributed by atoms with Crippen molar-refractivity contribution in [3.8, 4) is 68.9 Å². The van der Waals surface area contributed by atoms with E-state index in [1.165, 1.54) is 205 Å². The number of carboxylic acid groups (broad SMARTS) is 1. The maximum atomic E-state index is 12.3. The third kappa shape index (κ3) is 27.8. The fraction of sp³-hybridized carbons (Fsp3) is 0.515. The molecule has 0 saturated carbocycles. The Morgan fingerprint density at radius 2 is 0.670 bits per heavy atom. The Morgan fingerprint density at radius 3 is 0.991 bits per heavy atom. The summed E-state index contributed by atoms with van der Waals surface area (Å²) in [5, 5.41) is 10.1. The zero-order valence-electron chi connectivity index (χ0n) is 67.4. The molecule has 11 nitrogen and oxygen atoms in total. The van der Waals surface area contributed by atoms with Gasteiger partial charge in [-0.25, -0.2) is 14.8 Å². The van der Waals surface area contributed by atoms with Gasteiger partial charge in [0.05, 0.1) is 87.4 Å². The van der Waals surface area contributed by atoms with Gasteiger partial charge in [-0.15, -0.1) is 11.3 Å². The van der Waals surface area contributed by atoms with Crippen LogP contribution in [0.15, 0.2) is 97.1 Å². The van der Waals surface area contributed by atoms with Gasteiger partial charge in [0.25, 0.3) is 0 Å². The third-order valence-corrected chi connectivity index (χ3v) is 22.1. The number of benzene rings is 3. The predicted octanol–water partition coefficient (Wildman–Crippen LogP) is 27.8. The molecule has 12 heteroatoms.